The fraction of sp³-hybridized carbons (Fsp3) is 0.444. The van der Waals surface area contributed by atoms with Gasteiger partial charge in [-0.25, -0.2) is 0 Å². The zero-order chi connectivity index (χ0) is 18.4. The highest BCUT2D eigenvalue weighted by Gasteiger charge is 2.25. The van der Waals surface area contributed by atoms with Crippen molar-refractivity contribution < 1.29 is 14.5 Å². The van der Waals surface area contributed by atoms with E-state index in [1.54, 1.807) is 24.1 Å². The minimum Gasteiger partial charge on any atom is -0.337 e. The Bertz CT molecular complexity index is 693. The number of rotatable bonds is 5. The number of nitrogens with zero attached hydrogens (tertiary/aromatic N) is 2. The molecule has 1 aliphatic carbocycles. The van der Waals surface area contributed by atoms with Gasteiger partial charge in [0.05, 0.1) is 4.92 Å². The Hall–Kier alpha value is -2.70. The molecule has 2 rings (SSSR count). The summed E-state index contributed by atoms with van der Waals surface area (Å²) < 4.78 is 0. The number of amides is 2. The van der Waals surface area contributed by atoms with Gasteiger partial charge < -0.3 is 10.2 Å². The minimum atomic E-state index is -0.495. The number of benzene rings is 1. The Morgan fingerprint density at radius 3 is 2.56 bits per heavy atom. The van der Waals surface area contributed by atoms with E-state index in [0.717, 1.165) is 25.7 Å². The second-order valence-electron chi connectivity index (χ2n) is 6.30. The third kappa shape index (κ3) is 5.14. The van der Waals surface area contributed by atoms with Gasteiger partial charge in [-0.05, 0) is 24.5 Å². The molecule has 0 unspecified atom stereocenters. The normalized spacial score (nSPS) is 15.5. The molecular weight excluding hydrogens is 322 g/mol. The fourth-order valence-electron chi connectivity index (χ4n) is 3.06. The summed E-state index contributed by atoms with van der Waals surface area (Å²) in [6.45, 7) is 1.33. The molecule has 7 heteroatoms. The summed E-state index contributed by atoms with van der Waals surface area (Å²) >= 11 is 0. The van der Waals surface area contributed by atoms with Crippen LogP contribution in [0, 0.1) is 10.1 Å². The third-order valence-corrected chi connectivity index (χ3v) is 4.38. The first-order valence-corrected chi connectivity index (χ1v) is 8.39. The SMILES string of the molecule is CC(=O)N/C(=C\c1cccc([N+](=O)[O-])c1)C(=O)N(C)C1CCCCC1. The molecule has 0 aliphatic heterocycles. The molecule has 0 saturated heterocycles. The second kappa shape index (κ2) is 8.41. The van der Waals surface area contributed by atoms with Crippen molar-refractivity contribution in [3.8, 4) is 0 Å². The van der Waals surface area contributed by atoms with Crippen LogP contribution in [0.15, 0.2) is 30.0 Å². The van der Waals surface area contributed by atoms with Crippen LogP contribution < -0.4 is 5.32 Å². The molecule has 1 aromatic carbocycles. The number of non-ortho nitro benzene ring substituents is 1. The summed E-state index contributed by atoms with van der Waals surface area (Å²) in [5.41, 5.74) is 0.549. The van der Waals surface area contributed by atoms with E-state index in [-0.39, 0.29) is 29.2 Å². The Morgan fingerprint density at radius 1 is 1.28 bits per heavy atom. The predicted octanol–water partition coefficient (Wildman–Crippen LogP) is 2.86. The standard InChI is InChI=1S/C18H23N3O4/c1-13(22)19-17(12-14-7-6-10-16(11-14)21(24)25)18(23)20(2)15-8-4-3-5-9-15/h6-7,10-12,15H,3-5,8-9H2,1-2H3,(H,19,22)/b17-12-. The Kier molecular flexibility index (Phi) is 6.27. The molecule has 0 aromatic heterocycles. The van der Waals surface area contributed by atoms with Gasteiger partial charge in [0.1, 0.15) is 5.70 Å². The van der Waals surface area contributed by atoms with E-state index in [4.69, 9.17) is 0 Å². The molecule has 1 aliphatic rings. The van der Waals surface area contributed by atoms with Crippen molar-refractivity contribution in [1.29, 1.82) is 0 Å². The highest BCUT2D eigenvalue weighted by atomic mass is 16.6. The fourth-order valence-corrected chi connectivity index (χ4v) is 3.06. The van der Waals surface area contributed by atoms with Gasteiger partial charge in [-0.15, -0.1) is 0 Å². The van der Waals surface area contributed by atoms with Crippen LogP contribution in [-0.2, 0) is 9.59 Å². The Balaban J connectivity index is 2.28. The predicted molar refractivity (Wildman–Crippen MR) is 94.5 cm³/mol. The average Bonchev–Trinajstić information content (AvgIpc) is 2.60. The number of likely N-dealkylation sites (N-methyl/N-ethyl adjacent to an activating group) is 1. The first-order chi connectivity index (χ1) is 11.9. The van der Waals surface area contributed by atoms with Gasteiger partial charge in [-0.2, -0.15) is 0 Å². The van der Waals surface area contributed by atoms with Crippen LogP contribution in [0.25, 0.3) is 6.08 Å². The molecule has 0 spiro atoms. The molecule has 1 fully saturated rings. The summed E-state index contributed by atoms with van der Waals surface area (Å²) in [4.78, 5) is 36.4. The third-order valence-electron chi connectivity index (χ3n) is 4.38. The molecule has 0 atom stereocenters. The van der Waals surface area contributed by atoms with Crippen molar-refractivity contribution in [3.63, 3.8) is 0 Å². The summed E-state index contributed by atoms with van der Waals surface area (Å²) in [5.74, 6) is -0.643. The van der Waals surface area contributed by atoms with Crippen LogP contribution in [0.2, 0.25) is 0 Å². The Morgan fingerprint density at radius 2 is 1.96 bits per heavy atom. The van der Waals surface area contributed by atoms with Gasteiger partial charge in [-0.1, -0.05) is 31.4 Å². The number of nitro groups is 1. The molecule has 1 aromatic rings. The van der Waals surface area contributed by atoms with Gasteiger partial charge in [0.2, 0.25) is 5.91 Å². The van der Waals surface area contributed by atoms with Crippen LogP contribution in [-0.4, -0.2) is 34.7 Å². The highest BCUT2D eigenvalue weighted by molar-refractivity contribution is 6.01. The van der Waals surface area contributed by atoms with Crippen molar-refractivity contribution in [2.75, 3.05) is 7.05 Å². The molecule has 2 amide bonds. The maximum absolute atomic E-state index is 12.8. The molecule has 0 bridgehead atoms. The number of nitro benzene ring substituents is 1. The quantitative estimate of drug-likeness (QED) is 0.504. The Labute approximate surface area is 146 Å². The molecule has 0 heterocycles. The molecule has 25 heavy (non-hydrogen) atoms. The van der Waals surface area contributed by atoms with Crippen molar-refractivity contribution in [2.24, 2.45) is 0 Å². The van der Waals surface area contributed by atoms with E-state index < -0.39 is 4.92 Å². The minimum absolute atomic E-state index is 0.0657. The van der Waals surface area contributed by atoms with E-state index in [2.05, 4.69) is 5.32 Å². The van der Waals surface area contributed by atoms with Crippen molar-refractivity contribution in [2.45, 2.75) is 45.1 Å². The topological polar surface area (TPSA) is 92.5 Å². The van der Waals surface area contributed by atoms with Crippen LogP contribution in [0.1, 0.15) is 44.6 Å². The van der Waals surface area contributed by atoms with Crippen LogP contribution in [0.4, 0.5) is 5.69 Å². The smallest absolute Gasteiger partial charge is 0.270 e. The summed E-state index contributed by atoms with van der Waals surface area (Å²) in [5, 5.41) is 13.5. The number of hydrogen-bond acceptors (Lipinski definition) is 4. The van der Waals surface area contributed by atoms with Crippen LogP contribution in [0.3, 0.4) is 0 Å². The van der Waals surface area contributed by atoms with E-state index in [1.165, 1.54) is 31.6 Å². The molecule has 1 N–H and O–H groups in total. The molecule has 7 nitrogen and oxygen atoms in total. The van der Waals surface area contributed by atoms with Crippen LogP contribution >= 0.6 is 0 Å². The highest BCUT2D eigenvalue weighted by Crippen LogP contribution is 2.23. The van der Waals surface area contributed by atoms with E-state index in [0.29, 0.717) is 5.56 Å². The monoisotopic (exact) mass is 345 g/mol. The second-order valence-corrected chi connectivity index (χ2v) is 6.30. The van der Waals surface area contributed by atoms with Crippen molar-refractivity contribution in [1.82, 2.24) is 10.2 Å². The molecular formula is C18H23N3O4. The maximum atomic E-state index is 12.8. The lowest BCUT2D eigenvalue weighted by molar-refractivity contribution is -0.384. The summed E-state index contributed by atoms with van der Waals surface area (Å²) in [6, 6.07) is 6.11. The number of carbonyl (C=O) groups excluding carboxylic acids is 2. The average molecular weight is 345 g/mol. The zero-order valence-electron chi connectivity index (χ0n) is 14.5. The van der Waals surface area contributed by atoms with Gasteiger partial charge >= 0.3 is 0 Å². The lowest BCUT2D eigenvalue weighted by Crippen LogP contribution is -2.42. The van der Waals surface area contributed by atoms with Crippen molar-refractivity contribution in [3.05, 3.63) is 45.6 Å². The summed E-state index contributed by atoms with van der Waals surface area (Å²) in [6.07, 6.45) is 6.74. The largest absolute Gasteiger partial charge is 0.337 e. The van der Waals surface area contributed by atoms with Gasteiger partial charge in [-0.3, -0.25) is 19.7 Å². The lowest BCUT2D eigenvalue weighted by atomic mass is 9.94. The van der Waals surface area contributed by atoms with Gasteiger partial charge in [0.15, 0.2) is 0 Å². The van der Waals surface area contributed by atoms with E-state index in [9.17, 15) is 19.7 Å². The molecule has 1 saturated carbocycles. The summed E-state index contributed by atoms with van der Waals surface area (Å²) in [7, 11) is 1.74. The lowest BCUT2D eigenvalue weighted by Gasteiger charge is -2.31. The first kappa shape index (κ1) is 18.6. The van der Waals surface area contributed by atoms with E-state index in [1.807, 2.05) is 0 Å². The zero-order valence-corrected chi connectivity index (χ0v) is 14.5. The van der Waals surface area contributed by atoms with Gasteiger partial charge in [0.25, 0.3) is 11.6 Å². The number of hydrogen-bond donors (Lipinski definition) is 1. The van der Waals surface area contributed by atoms with Crippen molar-refractivity contribution >= 4 is 23.6 Å². The van der Waals surface area contributed by atoms with Gasteiger partial charge in [0, 0.05) is 32.1 Å². The van der Waals surface area contributed by atoms with Crippen LogP contribution in [0.5, 0.6) is 0 Å². The number of carbonyl (C=O) groups is 2. The maximum Gasteiger partial charge on any atom is 0.270 e. The van der Waals surface area contributed by atoms with E-state index >= 15 is 0 Å². The number of nitrogens with one attached hydrogen (secondary N) is 1. The molecule has 134 valence electrons. The first-order valence-electron chi connectivity index (χ1n) is 8.39. The molecule has 0 radical (unpaired) electrons.